The molecule has 2 aliphatic rings. The summed E-state index contributed by atoms with van der Waals surface area (Å²) in [6, 6.07) is 13.7. The first-order valence-electron chi connectivity index (χ1n) is 13.3. The Hall–Kier alpha value is -4.12. The number of hydrogen-bond donors (Lipinski definition) is 0. The topological polar surface area (TPSA) is 81.9 Å². The van der Waals surface area contributed by atoms with Crippen LogP contribution in [0.1, 0.15) is 52.1 Å². The van der Waals surface area contributed by atoms with E-state index in [9.17, 15) is 30.8 Å². The minimum atomic E-state index is -4.69. The number of rotatable bonds is 5. The Morgan fingerprint density at radius 3 is 2.45 bits per heavy atom. The second-order valence-corrected chi connectivity index (χ2v) is 13.1. The van der Waals surface area contributed by atoms with Crippen molar-refractivity contribution in [1.29, 1.82) is 0 Å². The van der Waals surface area contributed by atoms with E-state index in [1.54, 1.807) is 41.2 Å². The normalized spacial score (nSPS) is 20.4. The maximum absolute atomic E-state index is 14.3. The molecule has 1 fully saturated rings. The Bertz CT molecular complexity index is 1830. The molecule has 0 radical (unpaired) electrons. The highest BCUT2D eigenvalue weighted by atomic mass is 32.2. The summed E-state index contributed by atoms with van der Waals surface area (Å²) in [5.74, 6) is -1.08. The van der Waals surface area contributed by atoms with E-state index >= 15 is 0 Å². The second-order valence-electron chi connectivity index (χ2n) is 10.9. The van der Waals surface area contributed by atoms with Gasteiger partial charge in [-0.25, -0.2) is 17.5 Å². The molecule has 0 spiro atoms. The SMILES string of the molecule is Cc1ccc(S(=O)(=O)[C@@H]2CCC3=Cc4c(cnn4-c4ccc(F)cc4)C[C@]3(C(=O)c3cc(C(F)(F)F)ccn3)C2)cc1. The Morgan fingerprint density at radius 1 is 1.05 bits per heavy atom. The molecule has 6 nitrogen and oxygen atoms in total. The van der Waals surface area contributed by atoms with E-state index in [0.29, 0.717) is 22.5 Å². The Labute approximate surface area is 239 Å². The molecule has 6 rings (SSSR count). The molecule has 216 valence electrons. The van der Waals surface area contributed by atoms with Crippen molar-refractivity contribution in [2.45, 2.75) is 48.9 Å². The third-order valence-corrected chi connectivity index (χ3v) is 10.4. The van der Waals surface area contributed by atoms with E-state index in [0.717, 1.165) is 23.9 Å². The number of ketones is 1. The molecule has 42 heavy (non-hydrogen) atoms. The van der Waals surface area contributed by atoms with Crippen LogP contribution in [0.15, 0.2) is 83.5 Å². The number of carbonyl (C=O) groups excluding carboxylic acids is 1. The molecular weight excluding hydrogens is 570 g/mol. The largest absolute Gasteiger partial charge is 0.416 e. The molecule has 2 atom stereocenters. The molecule has 1 saturated carbocycles. The summed E-state index contributed by atoms with van der Waals surface area (Å²) in [5, 5.41) is 3.50. The van der Waals surface area contributed by atoms with Crippen LogP contribution in [0, 0.1) is 18.2 Å². The van der Waals surface area contributed by atoms with Crippen molar-refractivity contribution in [3.05, 3.63) is 113 Å². The lowest BCUT2D eigenvalue weighted by Crippen LogP contribution is -2.46. The van der Waals surface area contributed by atoms with Gasteiger partial charge in [-0.2, -0.15) is 18.3 Å². The van der Waals surface area contributed by atoms with Gasteiger partial charge in [-0.3, -0.25) is 9.78 Å². The van der Waals surface area contributed by atoms with Crippen molar-refractivity contribution in [3.63, 3.8) is 0 Å². The average Bonchev–Trinajstić information content (AvgIpc) is 3.37. The summed E-state index contributed by atoms with van der Waals surface area (Å²) in [6.07, 6.45) is -0.0385. The van der Waals surface area contributed by atoms with E-state index in [1.165, 1.54) is 24.3 Å². The smallest absolute Gasteiger partial charge is 0.291 e. The summed E-state index contributed by atoms with van der Waals surface area (Å²) in [7, 11) is -3.87. The van der Waals surface area contributed by atoms with Crippen molar-refractivity contribution in [3.8, 4) is 5.69 Å². The van der Waals surface area contributed by atoms with Crippen LogP contribution in [0.3, 0.4) is 0 Å². The summed E-state index contributed by atoms with van der Waals surface area (Å²) in [6.45, 7) is 1.84. The van der Waals surface area contributed by atoms with E-state index in [2.05, 4.69) is 10.1 Å². The maximum atomic E-state index is 14.3. The Kier molecular flexibility index (Phi) is 6.68. The first-order chi connectivity index (χ1) is 19.9. The summed E-state index contributed by atoms with van der Waals surface area (Å²) >= 11 is 0. The number of pyridine rings is 1. The number of allylic oxidation sites excluding steroid dienone is 1. The van der Waals surface area contributed by atoms with Crippen molar-refractivity contribution in [1.82, 2.24) is 14.8 Å². The number of Topliss-reactive ketones (excluding diaryl/α,β-unsaturated/α-hetero) is 1. The first-order valence-corrected chi connectivity index (χ1v) is 14.9. The lowest BCUT2D eigenvalue weighted by atomic mass is 9.61. The van der Waals surface area contributed by atoms with Gasteiger partial charge in [0.15, 0.2) is 15.6 Å². The Morgan fingerprint density at radius 2 is 1.76 bits per heavy atom. The monoisotopic (exact) mass is 595 g/mol. The molecule has 0 saturated heterocycles. The molecule has 2 aromatic carbocycles. The van der Waals surface area contributed by atoms with Crippen LogP contribution in [0.4, 0.5) is 17.6 Å². The van der Waals surface area contributed by atoms with Gasteiger partial charge in [-0.1, -0.05) is 23.3 Å². The fraction of sp³-hybridized carbons (Fsp3) is 0.258. The van der Waals surface area contributed by atoms with Crippen LogP contribution < -0.4 is 0 Å². The summed E-state index contributed by atoms with van der Waals surface area (Å²) in [4.78, 5) is 18.4. The van der Waals surface area contributed by atoms with Gasteiger partial charge in [0, 0.05) is 6.20 Å². The van der Waals surface area contributed by atoms with Crippen LogP contribution in [-0.4, -0.2) is 34.2 Å². The highest BCUT2D eigenvalue weighted by Gasteiger charge is 2.52. The first kappa shape index (κ1) is 28.0. The van der Waals surface area contributed by atoms with Crippen LogP contribution in [0.5, 0.6) is 0 Å². The number of hydrogen-bond acceptors (Lipinski definition) is 5. The van der Waals surface area contributed by atoms with Crippen molar-refractivity contribution < 1.29 is 30.8 Å². The van der Waals surface area contributed by atoms with Gasteiger partial charge in [-0.15, -0.1) is 0 Å². The number of alkyl halides is 3. The van der Waals surface area contributed by atoms with Crippen molar-refractivity contribution in [2.75, 3.05) is 0 Å². The molecule has 0 bridgehead atoms. The zero-order valence-electron chi connectivity index (χ0n) is 22.4. The van der Waals surface area contributed by atoms with Crippen LogP contribution in [-0.2, 0) is 22.4 Å². The number of benzene rings is 2. The van der Waals surface area contributed by atoms with Gasteiger partial charge in [-0.05, 0) is 92.8 Å². The third kappa shape index (κ3) is 4.75. The van der Waals surface area contributed by atoms with Crippen LogP contribution in [0.2, 0.25) is 0 Å². The number of sulfone groups is 1. The second kappa shape index (κ2) is 10.0. The maximum Gasteiger partial charge on any atom is 0.416 e. The summed E-state index contributed by atoms with van der Waals surface area (Å²) in [5.41, 5.74) is 0.530. The van der Waals surface area contributed by atoms with Gasteiger partial charge in [0.1, 0.15) is 11.5 Å². The molecule has 0 aliphatic heterocycles. The Balaban J connectivity index is 1.46. The number of fused-ring (bicyclic) bond motifs is 2. The standard InChI is InChI=1S/C31H25F4N3O3S/c1-19-2-9-25(10-3-19)42(40,41)26-11-4-21-15-28-20(18-37-38(28)24-7-5-23(32)6-8-24)16-30(21,17-26)29(39)27-14-22(12-13-36-27)31(33,34)35/h2-3,5-10,12-15,18,26H,4,11,16-17H2,1H3/t26-,30+/m1/s1. The molecule has 2 aliphatic carbocycles. The molecule has 0 N–H and O–H groups in total. The number of nitrogens with zero attached hydrogens (tertiary/aromatic N) is 3. The number of carbonyl (C=O) groups is 1. The van der Waals surface area contributed by atoms with E-state index < -0.39 is 43.8 Å². The third-order valence-electron chi connectivity index (χ3n) is 8.23. The van der Waals surface area contributed by atoms with Crippen LogP contribution >= 0.6 is 0 Å². The van der Waals surface area contributed by atoms with Crippen molar-refractivity contribution >= 4 is 21.7 Å². The van der Waals surface area contributed by atoms with Crippen LogP contribution in [0.25, 0.3) is 11.8 Å². The number of aromatic nitrogens is 3. The highest BCUT2D eigenvalue weighted by Crippen LogP contribution is 2.52. The number of halogens is 4. The van der Waals surface area contributed by atoms with E-state index in [-0.39, 0.29) is 36.3 Å². The van der Waals surface area contributed by atoms with Gasteiger partial charge >= 0.3 is 6.18 Å². The van der Waals surface area contributed by atoms with E-state index in [4.69, 9.17) is 0 Å². The van der Waals surface area contributed by atoms with Crippen molar-refractivity contribution in [2.24, 2.45) is 5.41 Å². The summed E-state index contributed by atoms with van der Waals surface area (Å²) < 4.78 is 83.4. The molecule has 4 aromatic rings. The number of aryl methyl sites for hydroxylation is 1. The molecular formula is C31H25F4N3O3S. The fourth-order valence-corrected chi connectivity index (χ4v) is 7.85. The lowest BCUT2D eigenvalue weighted by molar-refractivity contribution is -0.137. The fourth-order valence-electron chi connectivity index (χ4n) is 6.01. The predicted octanol–water partition coefficient (Wildman–Crippen LogP) is 6.57. The molecule has 2 heterocycles. The van der Waals surface area contributed by atoms with E-state index in [1.807, 2.05) is 6.92 Å². The quantitative estimate of drug-likeness (QED) is 0.193. The lowest BCUT2D eigenvalue weighted by Gasteiger charge is -2.43. The molecule has 0 amide bonds. The predicted molar refractivity (Wildman–Crippen MR) is 147 cm³/mol. The molecule has 2 aromatic heterocycles. The highest BCUT2D eigenvalue weighted by molar-refractivity contribution is 7.92. The van der Waals surface area contributed by atoms with Gasteiger partial charge < -0.3 is 0 Å². The zero-order chi connectivity index (χ0) is 29.9. The zero-order valence-corrected chi connectivity index (χ0v) is 23.2. The van der Waals surface area contributed by atoms with Gasteiger partial charge in [0.2, 0.25) is 0 Å². The molecule has 11 heteroatoms. The molecule has 0 unspecified atom stereocenters. The minimum Gasteiger partial charge on any atom is -0.291 e. The average molecular weight is 596 g/mol. The van der Waals surface area contributed by atoms with Gasteiger partial charge in [0.05, 0.1) is 38.7 Å². The minimum absolute atomic E-state index is 0.0338. The van der Waals surface area contributed by atoms with Gasteiger partial charge in [0.25, 0.3) is 0 Å².